The Balaban J connectivity index is 1.79. The van der Waals surface area contributed by atoms with Crippen LogP contribution in [-0.4, -0.2) is 61.7 Å². The van der Waals surface area contributed by atoms with Gasteiger partial charge in [0.25, 0.3) is 0 Å². The SMILES string of the molecule is CC1CN(C)CCN1C[C@H]1CCCN1. The fourth-order valence-corrected chi connectivity index (χ4v) is 2.64. The number of rotatable bonds is 2. The molecule has 0 aromatic rings. The first-order valence-corrected chi connectivity index (χ1v) is 5.91. The van der Waals surface area contributed by atoms with Crippen LogP contribution in [0.1, 0.15) is 19.8 Å². The van der Waals surface area contributed by atoms with Gasteiger partial charge in [-0.2, -0.15) is 0 Å². The molecule has 3 heteroatoms. The molecule has 2 rings (SSSR count). The second-order valence-corrected chi connectivity index (χ2v) is 4.90. The van der Waals surface area contributed by atoms with Crippen LogP contribution in [0.3, 0.4) is 0 Å². The molecule has 2 aliphatic heterocycles. The molecule has 14 heavy (non-hydrogen) atoms. The molecule has 1 N–H and O–H groups in total. The fraction of sp³-hybridized carbons (Fsp3) is 1.00. The van der Waals surface area contributed by atoms with Crippen molar-refractivity contribution in [3.63, 3.8) is 0 Å². The minimum absolute atomic E-state index is 0.733. The molecule has 2 aliphatic rings. The van der Waals surface area contributed by atoms with E-state index in [1.165, 1.54) is 45.6 Å². The van der Waals surface area contributed by atoms with Crippen LogP contribution in [0.25, 0.3) is 0 Å². The Morgan fingerprint density at radius 3 is 2.86 bits per heavy atom. The first kappa shape index (κ1) is 10.4. The molecule has 0 amide bonds. The minimum atomic E-state index is 0.733. The van der Waals surface area contributed by atoms with Gasteiger partial charge in [-0.25, -0.2) is 0 Å². The third-order valence-corrected chi connectivity index (χ3v) is 3.59. The summed E-state index contributed by atoms with van der Waals surface area (Å²) in [7, 11) is 2.22. The summed E-state index contributed by atoms with van der Waals surface area (Å²) < 4.78 is 0. The molecule has 0 radical (unpaired) electrons. The van der Waals surface area contributed by atoms with Crippen molar-refractivity contribution in [3.05, 3.63) is 0 Å². The number of hydrogen-bond donors (Lipinski definition) is 1. The number of likely N-dealkylation sites (N-methyl/N-ethyl adjacent to an activating group) is 1. The Labute approximate surface area is 87.4 Å². The summed E-state index contributed by atoms with van der Waals surface area (Å²) in [5, 5.41) is 3.58. The highest BCUT2D eigenvalue weighted by molar-refractivity contribution is 4.83. The number of nitrogens with zero attached hydrogens (tertiary/aromatic N) is 2. The van der Waals surface area contributed by atoms with Crippen LogP contribution in [0.15, 0.2) is 0 Å². The molecule has 82 valence electrons. The van der Waals surface area contributed by atoms with Gasteiger partial charge in [0.2, 0.25) is 0 Å². The largest absolute Gasteiger partial charge is 0.313 e. The van der Waals surface area contributed by atoms with Crippen molar-refractivity contribution < 1.29 is 0 Å². The van der Waals surface area contributed by atoms with Crippen molar-refractivity contribution in [3.8, 4) is 0 Å². The van der Waals surface area contributed by atoms with Gasteiger partial charge in [-0.15, -0.1) is 0 Å². The van der Waals surface area contributed by atoms with Gasteiger partial charge >= 0.3 is 0 Å². The molecule has 0 aromatic carbocycles. The fourth-order valence-electron chi connectivity index (χ4n) is 2.64. The summed E-state index contributed by atoms with van der Waals surface area (Å²) in [6, 6.07) is 1.50. The Kier molecular flexibility index (Phi) is 3.42. The van der Waals surface area contributed by atoms with Crippen molar-refractivity contribution in [1.82, 2.24) is 15.1 Å². The second kappa shape index (κ2) is 4.60. The third kappa shape index (κ3) is 2.47. The molecule has 0 bridgehead atoms. The standard InChI is InChI=1S/C11H23N3/c1-10-8-13(2)6-7-14(10)9-11-4-3-5-12-11/h10-12H,3-9H2,1-2H3/t10?,11-/m1/s1. The van der Waals surface area contributed by atoms with Gasteiger partial charge in [-0.05, 0) is 33.4 Å². The van der Waals surface area contributed by atoms with Gasteiger partial charge in [0, 0.05) is 38.3 Å². The highest BCUT2D eigenvalue weighted by atomic mass is 15.3. The van der Waals surface area contributed by atoms with Gasteiger partial charge < -0.3 is 10.2 Å². The number of nitrogens with one attached hydrogen (secondary N) is 1. The summed E-state index contributed by atoms with van der Waals surface area (Å²) in [5.41, 5.74) is 0. The molecular weight excluding hydrogens is 174 g/mol. The smallest absolute Gasteiger partial charge is 0.0195 e. The highest BCUT2D eigenvalue weighted by Crippen LogP contribution is 2.12. The van der Waals surface area contributed by atoms with Crippen LogP contribution < -0.4 is 5.32 Å². The Morgan fingerprint density at radius 2 is 2.21 bits per heavy atom. The molecule has 2 fully saturated rings. The van der Waals surface area contributed by atoms with E-state index >= 15 is 0 Å². The average molecular weight is 197 g/mol. The van der Waals surface area contributed by atoms with Crippen molar-refractivity contribution in [1.29, 1.82) is 0 Å². The van der Waals surface area contributed by atoms with Gasteiger partial charge in [0.05, 0.1) is 0 Å². The summed E-state index contributed by atoms with van der Waals surface area (Å²) in [6.07, 6.45) is 2.74. The molecule has 2 atom stereocenters. The molecule has 1 unspecified atom stereocenters. The van der Waals surface area contributed by atoms with Gasteiger partial charge in [0.15, 0.2) is 0 Å². The van der Waals surface area contributed by atoms with Crippen LogP contribution >= 0.6 is 0 Å². The lowest BCUT2D eigenvalue weighted by Crippen LogP contribution is -2.53. The first-order chi connectivity index (χ1) is 6.75. The van der Waals surface area contributed by atoms with E-state index in [1.54, 1.807) is 0 Å². The third-order valence-electron chi connectivity index (χ3n) is 3.59. The molecule has 3 nitrogen and oxygen atoms in total. The highest BCUT2D eigenvalue weighted by Gasteiger charge is 2.25. The van der Waals surface area contributed by atoms with E-state index in [0.29, 0.717) is 0 Å². The summed E-state index contributed by atoms with van der Waals surface area (Å²) >= 11 is 0. The van der Waals surface area contributed by atoms with Crippen molar-refractivity contribution in [2.45, 2.75) is 31.8 Å². The van der Waals surface area contributed by atoms with Crippen LogP contribution in [-0.2, 0) is 0 Å². The molecule has 2 heterocycles. The monoisotopic (exact) mass is 197 g/mol. The predicted molar refractivity (Wildman–Crippen MR) is 59.6 cm³/mol. The van der Waals surface area contributed by atoms with E-state index in [9.17, 15) is 0 Å². The maximum absolute atomic E-state index is 3.58. The van der Waals surface area contributed by atoms with E-state index < -0.39 is 0 Å². The van der Waals surface area contributed by atoms with Gasteiger partial charge in [-0.3, -0.25) is 4.90 Å². The normalized spacial score (nSPS) is 36.4. The lowest BCUT2D eigenvalue weighted by molar-refractivity contribution is 0.0925. The van der Waals surface area contributed by atoms with E-state index in [-0.39, 0.29) is 0 Å². The average Bonchev–Trinajstić information content (AvgIpc) is 2.62. The Morgan fingerprint density at radius 1 is 1.36 bits per heavy atom. The summed E-state index contributed by atoms with van der Waals surface area (Å²) in [6.45, 7) is 8.55. The minimum Gasteiger partial charge on any atom is -0.313 e. The molecular formula is C11H23N3. The second-order valence-electron chi connectivity index (χ2n) is 4.90. The van der Waals surface area contributed by atoms with E-state index in [0.717, 1.165) is 12.1 Å². The van der Waals surface area contributed by atoms with Crippen molar-refractivity contribution in [2.75, 3.05) is 39.8 Å². The van der Waals surface area contributed by atoms with Crippen LogP contribution in [0.4, 0.5) is 0 Å². The zero-order chi connectivity index (χ0) is 9.97. The molecule has 0 aromatic heterocycles. The maximum atomic E-state index is 3.58. The zero-order valence-electron chi connectivity index (χ0n) is 9.50. The van der Waals surface area contributed by atoms with Crippen LogP contribution in [0.5, 0.6) is 0 Å². The van der Waals surface area contributed by atoms with Crippen LogP contribution in [0.2, 0.25) is 0 Å². The Hall–Kier alpha value is -0.120. The quantitative estimate of drug-likeness (QED) is 0.690. The summed E-state index contributed by atoms with van der Waals surface area (Å²) in [5.74, 6) is 0. The lowest BCUT2D eigenvalue weighted by atomic mass is 10.1. The number of piperazine rings is 1. The topological polar surface area (TPSA) is 18.5 Å². The molecule has 0 spiro atoms. The van der Waals surface area contributed by atoms with Crippen molar-refractivity contribution in [2.24, 2.45) is 0 Å². The predicted octanol–water partition coefficient (Wildman–Crippen LogP) is 0.374. The summed E-state index contributed by atoms with van der Waals surface area (Å²) in [4.78, 5) is 5.08. The first-order valence-electron chi connectivity index (χ1n) is 5.91. The molecule has 2 saturated heterocycles. The zero-order valence-corrected chi connectivity index (χ0v) is 9.50. The number of hydrogen-bond acceptors (Lipinski definition) is 3. The van der Waals surface area contributed by atoms with E-state index in [2.05, 4.69) is 29.1 Å². The van der Waals surface area contributed by atoms with Crippen molar-refractivity contribution >= 4 is 0 Å². The lowest BCUT2D eigenvalue weighted by Gasteiger charge is -2.39. The molecule has 0 saturated carbocycles. The van der Waals surface area contributed by atoms with Gasteiger partial charge in [-0.1, -0.05) is 0 Å². The van der Waals surface area contributed by atoms with Gasteiger partial charge in [0.1, 0.15) is 0 Å². The maximum Gasteiger partial charge on any atom is 0.0195 e. The Bertz CT molecular complexity index is 177. The van der Waals surface area contributed by atoms with E-state index in [4.69, 9.17) is 0 Å². The van der Waals surface area contributed by atoms with E-state index in [1.807, 2.05) is 0 Å². The molecule has 0 aliphatic carbocycles. The van der Waals surface area contributed by atoms with Crippen LogP contribution in [0, 0.1) is 0 Å².